The second-order valence-electron chi connectivity index (χ2n) is 14.0. The van der Waals surface area contributed by atoms with Crippen molar-refractivity contribution in [2.24, 2.45) is 34.5 Å². The normalized spacial score (nSPS) is 33.9. The minimum absolute atomic E-state index is 0.0101. The Kier molecular flexibility index (Phi) is 8.62. The zero-order valence-electron chi connectivity index (χ0n) is 26.0. The van der Waals surface area contributed by atoms with Crippen LogP contribution in [0, 0.1) is 44.6 Å². The smallest absolute Gasteiger partial charge is 0.274 e. The first kappa shape index (κ1) is 32.4. The van der Waals surface area contributed by atoms with Crippen molar-refractivity contribution in [3.63, 3.8) is 0 Å². The van der Waals surface area contributed by atoms with Gasteiger partial charge in [0.15, 0.2) is 17.9 Å². The monoisotopic (exact) mass is 631 g/mol. The molecular weight excluding hydrogens is 590 g/mol. The number of carbonyl (C=O) groups excluding carboxylic acids is 2. The maximum Gasteiger partial charge on any atom is 0.274 e. The number of hydrogen-bond donors (Lipinski definition) is 4. The predicted octanol–water partition coefficient (Wildman–Crippen LogP) is 4.12. The van der Waals surface area contributed by atoms with Gasteiger partial charge in [-0.1, -0.05) is 55.8 Å². The van der Waals surface area contributed by atoms with Crippen molar-refractivity contribution >= 4 is 17.3 Å². The molecule has 2 aromatic rings. The van der Waals surface area contributed by atoms with Gasteiger partial charge in [-0.15, -0.1) is 0 Å². The molecule has 4 N–H and O–H groups in total. The first-order valence-corrected chi connectivity index (χ1v) is 15.9. The van der Waals surface area contributed by atoms with Gasteiger partial charge in [-0.2, -0.15) is 0 Å². The number of aliphatic hydroxyl groups is 4. The third-order valence-corrected chi connectivity index (χ3v) is 11.5. The SMILES string of the molecule is C[C@]12C[C@H](O)[C@H]3[C@@H](CCC4=CC(=O)C=C[C@@]43C)[C@@H]1C[C@@H](O[C@H](O)c1ccc(Cc3ccc([N+](=O)[O-])c(CO)c3)cc1)[C@@H]2C(=O)CO. The summed E-state index contributed by atoms with van der Waals surface area (Å²) in [6, 6.07) is 11.8. The largest absolute Gasteiger partial charge is 0.393 e. The van der Waals surface area contributed by atoms with Gasteiger partial charge < -0.3 is 25.2 Å². The van der Waals surface area contributed by atoms with Crippen LogP contribution in [0.15, 0.2) is 66.3 Å². The Labute approximate surface area is 267 Å². The van der Waals surface area contributed by atoms with Gasteiger partial charge in [0.2, 0.25) is 0 Å². The molecule has 0 amide bonds. The molecule has 4 aliphatic carbocycles. The molecule has 244 valence electrons. The molecule has 9 atom stereocenters. The standard InChI is InChI=1S/C36H41NO9/c1-35-12-11-25(40)15-24(35)8-9-26-27-16-31(33(30(42)19-39)36(27,2)17-29(41)32(26)35)46-34(43)22-6-3-20(4-7-22)13-21-5-10-28(37(44)45)23(14-21)18-38/h3-7,10-12,14-15,26-27,29,31-34,38-39,41,43H,8-9,13,16-19H2,1-2H3/t26-,27-,29-,31+,32+,33-,34-,35-,36-/m0/s1. The van der Waals surface area contributed by atoms with Crippen LogP contribution in [0.25, 0.3) is 0 Å². The van der Waals surface area contributed by atoms with Crippen LogP contribution in [0.1, 0.15) is 68.1 Å². The number of hydrogen-bond acceptors (Lipinski definition) is 9. The Morgan fingerprint density at radius 1 is 1.13 bits per heavy atom. The molecule has 3 saturated carbocycles. The fourth-order valence-corrected chi connectivity index (χ4v) is 9.46. The third-order valence-electron chi connectivity index (χ3n) is 11.5. The first-order chi connectivity index (χ1) is 21.9. The van der Waals surface area contributed by atoms with Crippen molar-refractivity contribution < 1.29 is 39.7 Å². The number of ether oxygens (including phenoxy) is 1. The molecule has 46 heavy (non-hydrogen) atoms. The van der Waals surface area contributed by atoms with Crippen LogP contribution < -0.4 is 0 Å². The lowest BCUT2D eigenvalue weighted by Crippen LogP contribution is -2.56. The van der Waals surface area contributed by atoms with Gasteiger partial charge in [-0.05, 0) is 78.7 Å². The van der Waals surface area contributed by atoms with Crippen LogP contribution >= 0.6 is 0 Å². The number of aliphatic hydroxyl groups excluding tert-OH is 4. The molecule has 10 heteroatoms. The van der Waals surface area contributed by atoms with Crippen molar-refractivity contribution in [1.82, 2.24) is 0 Å². The summed E-state index contributed by atoms with van der Waals surface area (Å²) in [5, 5.41) is 53.6. The summed E-state index contributed by atoms with van der Waals surface area (Å²) < 4.78 is 6.26. The number of nitro benzene ring substituents is 1. The van der Waals surface area contributed by atoms with Gasteiger partial charge in [-0.25, -0.2) is 0 Å². The van der Waals surface area contributed by atoms with Crippen LogP contribution in [0.3, 0.4) is 0 Å². The second-order valence-corrected chi connectivity index (χ2v) is 14.0. The maximum atomic E-state index is 13.3. The second kappa shape index (κ2) is 12.2. The summed E-state index contributed by atoms with van der Waals surface area (Å²) in [4.78, 5) is 36.1. The van der Waals surface area contributed by atoms with Gasteiger partial charge in [0.25, 0.3) is 5.69 Å². The van der Waals surface area contributed by atoms with E-state index in [4.69, 9.17) is 4.74 Å². The average Bonchev–Trinajstić information content (AvgIpc) is 3.31. The molecule has 4 aliphatic rings. The summed E-state index contributed by atoms with van der Waals surface area (Å²) in [5.74, 6) is -1.15. The van der Waals surface area contributed by atoms with Crippen molar-refractivity contribution in [3.8, 4) is 0 Å². The minimum Gasteiger partial charge on any atom is -0.393 e. The minimum atomic E-state index is -1.33. The number of benzene rings is 2. The summed E-state index contributed by atoms with van der Waals surface area (Å²) in [6.07, 6.45) is 5.33. The van der Waals surface area contributed by atoms with Crippen molar-refractivity contribution in [2.75, 3.05) is 6.61 Å². The van der Waals surface area contributed by atoms with Crippen molar-refractivity contribution in [1.29, 1.82) is 0 Å². The van der Waals surface area contributed by atoms with Crippen LogP contribution in [0.2, 0.25) is 0 Å². The van der Waals surface area contributed by atoms with Crippen molar-refractivity contribution in [2.45, 2.75) is 71.1 Å². The topological polar surface area (TPSA) is 167 Å². The van der Waals surface area contributed by atoms with E-state index in [0.29, 0.717) is 24.8 Å². The number of rotatable bonds is 9. The van der Waals surface area contributed by atoms with Gasteiger partial charge >= 0.3 is 0 Å². The molecule has 0 radical (unpaired) electrons. The number of allylic oxidation sites excluding steroid dienone is 4. The molecule has 0 saturated heterocycles. The lowest BCUT2D eigenvalue weighted by atomic mass is 9.46. The summed E-state index contributed by atoms with van der Waals surface area (Å²) >= 11 is 0. The molecule has 2 aromatic carbocycles. The van der Waals surface area contributed by atoms with Crippen LogP contribution in [0.5, 0.6) is 0 Å². The highest BCUT2D eigenvalue weighted by atomic mass is 16.6. The van der Waals surface area contributed by atoms with Gasteiger partial charge in [-0.3, -0.25) is 19.7 Å². The van der Waals surface area contributed by atoms with Gasteiger partial charge in [0, 0.05) is 23.0 Å². The van der Waals surface area contributed by atoms with Crippen LogP contribution in [0.4, 0.5) is 5.69 Å². The van der Waals surface area contributed by atoms with Crippen LogP contribution in [-0.2, 0) is 27.4 Å². The molecule has 0 bridgehead atoms. The molecular formula is C36H41NO9. The molecule has 3 fully saturated rings. The maximum absolute atomic E-state index is 13.3. The Balaban J connectivity index is 1.21. The van der Waals surface area contributed by atoms with E-state index in [1.165, 1.54) is 6.07 Å². The highest BCUT2D eigenvalue weighted by molar-refractivity contribution is 6.01. The van der Waals surface area contributed by atoms with Crippen LogP contribution in [-0.4, -0.2) is 55.7 Å². The lowest BCUT2D eigenvalue weighted by Gasteiger charge is -2.58. The Hall–Kier alpha value is -3.54. The highest BCUT2D eigenvalue weighted by Gasteiger charge is 2.65. The van der Waals surface area contributed by atoms with E-state index in [-0.39, 0.29) is 40.6 Å². The fraction of sp³-hybridized carbons (Fsp3) is 0.500. The first-order valence-electron chi connectivity index (χ1n) is 15.9. The van der Waals surface area contributed by atoms with Gasteiger partial charge in [0.05, 0.1) is 35.2 Å². The summed E-state index contributed by atoms with van der Waals surface area (Å²) in [5.41, 5.74) is 2.23. The van der Waals surface area contributed by atoms with Crippen molar-refractivity contribution in [3.05, 3.63) is 98.6 Å². The molecule has 6 rings (SSSR count). The third kappa shape index (κ3) is 5.46. The zero-order valence-corrected chi connectivity index (χ0v) is 26.0. The summed E-state index contributed by atoms with van der Waals surface area (Å²) in [7, 11) is 0. The van der Waals surface area contributed by atoms with E-state index in [9.17, 15) is 40.1 Å². The Bertz CT molecular complexity index is 1600. The van der Waals surface area contributed by atoms with E-state index >= 15 is 0 Å². The average molecular weight is 632 g/mol. The number of nitrogens with zero attached hydrogens (tertiary/aromatic N) is 1. The molecule has 0 aliphatic heterocycles. The number of Topliss-reactive ketones (excluding diaryl/α,β-unsaturated/α-hetero) is 1. The number of ketones is 2. The van der Waals surface area contributed by atoms with E-state index in [1.54, 1.807) is 36.4 Å². The highest BCUT2D eigenvalue weighted by Crippen LogP contribution is 2.66. The van der Waals surface area contributed by atoms with E-state index < -0.39 is 53.4 Å². The Morgan fingerprint density at radius 2 is 1.85 bits per heavy atom. The molecule has 0 unspecified atom stereocenters. The van der Waals surface area contributed by atoms with E-state index in [1.807, 2.05) is 25.1 Å². The van der Waals surface area contributed by atoms with Gasteiger partial charge in [0.1, 0.15) is 6.61 Å². The molecule has 10 nitrogen and oxygen atoms in total. The summed E-state index contributed by atoms with van der Waals surface area (Å²) in [6.45, 7) is 3.00. The molecule has 0 heterocycles. The number of carbonyl (C=O) groups is 2. The lowest BCUT2D eigenvalue weighted by molar-refractivity contribution is -0.385. The zero-order chi connectivity index (χ0) is 33.0. The fourth-order valence-electron chi connectivity index (χ4n) is 9.46. The predicted molar refractivity (Wildman–Crippen MR) is 167 cm³/mol. The number of fused-ring (bicyclic) bond motifs is 5. The Morgan fingerprint density at radius 3 is 2.52 bits per heavy atom. The molecule has 0 aromatic heterocycles. The quantitative estimate of drug-likeness (QED) is 0.181. The molecule has 0 spiro atoms. The number of nitro groups is 1. The van der Waals surface area contributed by atoms with E-state index in [0.717, 1.165) is 29.5 Å². The van der Waals surface area contributed by atoms with E-state index in [2.05, 4.69) is 6.92 Å².